The van der Waals surface area contributed by atoms with E-state index in [4.69, 9.17) is 4.74 Å². The molecule has 2 N–H and O–H groups in total. The summed E-state index contributed by atoms with van der Waals surface area (Å²) >= 11 is 0. The van der Waals surface area contributed by atoms with Gasteiger partial charge in [-0.25, -0.2) is 4.98 Å². The number of piperidine rings is 1. The Hall–Kier alpha value is -3.78. The molecule has 1 aromatic carbocycles. The number of aromatic nitrogens is 4. The van der Waals surface area contributed by atoms with E-state index in [1.165, 1.54) is 0 Å². The number of fused-ring (bicyclic) bond motifs is 1. The topological polar surface area (TPSA) is 94.0 Å². The summed E-state index contributed by atoms with van der Waals surface area (Å²) in [4.78, 5) is 21.8. The summed E-state index contributed by atoms with van der Waals surface area (Å²) in [5, 5.41) is 12.5. The molecule has 1 aliphatic heterocycles. The molecule has 1 saturated heterocycles. The summed E-state index contributed by atoms with van der Waals surface area (Å²) in [6.45, 7) is 6.08. The summed E-state index contributed by atoms with van der Waals surface area (Å²) < 4.78 is 7.98. The van der Waals surface area contributed by atoms with Gasteiger partial charge in [0.05, 0.1) is 11.9 Å². The molecular weight excluding hydrogens is 428 g/mol. The fraction of sp³-hybridized carbons (Fsp3) is 0.308. The number of nitrogens with one attached hydrogen (secondary N) is 2. The van der Waals surface area contributed by atoms with Crippen molar-refractivity contribution in [3.8, 4) is 17.0 Å². The van der Waals surface area contributed by atoms with E-state index in [0.29, 0.717) is 17.1 Å². The third-order valence-corrected chi connectivity index (χ3v) is 5.96. The van der Waals surface area contributed by atoms with Gasteiger partial charge in [-0.1, -0.05) is 6.07 Å². The molecule has 0 radical (unpaired) electrons. The number of amides is 1. The highest BCUT2D eigenvalue weighted by molar-refractivity contribution is 6.04. The van der Waals surface area contributed by atoms with Gasteiger partial charge in [0.25, 0.3) is 5.91 Å². The van der Waals surface area contributed by atoms with Crippen LogP contribution in [0, 0.1) is 0 Å². The van der Waals surface area contributed by atoms with Crippen molar-refractivity contribution in [1.29, 1.82) is 0 Å². The zero-order valence-corrected chi connectivity index (χ0v) is 19.4. The first-order chi connectivity index (χ1) is 16.5. The lowest BCUT2D eigenvalue weighted by molar-refractivity contribution is 0.102. The minimum Gasteiger partial charge on any atom is -0.490 e. The molecule has 3 aromatic heterocycles. The maximum Gasteiger partial charge on any atom is 0.256 e. The molecular formula is C26H28N6O2. The second-order valence-corrected chi connectivity index (χ2v) is 8.84. The lowest BCUT2D eigenvalue weighted by atomic mass is 10.1. The average molecular weight is 457 g/mol. The Bertz CT molecular complexity index is 1310. The number of carbonyl (C=O) groups excluding carboxylic acids is 1. The van der Waals surface area contributed by atoms with Crippen LogP contribution in [0.5, 0.6) is 5.75 Å². The quantitative estimate of drug-likeness (QED) is 0.445. The van der Waals surface area contributed by atoms with Crippen molar-refractivity contribution in [2.24, 2.45) is 0 Å². The third-order valence-electron chi connectivity index (χ3n) is 5.96. The van der Waals surface area contributed by atoms with Crippen LogP contribution in [-0.2, 0) is 0 Å². The molecule has 8 nitrogen and oxygen atoms in total. The molecule has 0 atom stereocenters. The van der Waals surface area contributed by atoms with E-state index < -0.39 is 0 Å². The van der Waals surface area contributed by atoms with Crippen LogP contribution in [0.3, 0.4) is 0 Å². The van der Waals surface area contributed by atoms with Gasteiger partial charge in [0, 0.05) is 41.1 Å². The van der Waals surface area contributed by atoms with Crippen molar-refractivity contribution in [1.82, 2.24) is 25.1 Å². The predicted octanol–water partition coefficient (Wildman–Crippen LogP) is 4.46. The fourth-order valence-electron chi connectivity index (χ4n) is 4.02. The van der Waals surface area contributed by atoms with Crippen molar-refractivity contribution >= 4 is 22.5 Å². The molecule has 8 heteroatoms. The van der Waals surface area contributed by atoms with Gasteiger partial charge in [-0.05, 0) is 75.5 Å². The highest BCUT2D eigenvalue weighted by atomic mass is 16.5. The maximum absolute atomic E-state index is 12.9. The van der Waals surface area contributed by atoms with Crippen LogP contribution in [0.25, 0.3) is 22.0 Å². The van der Waals surface area contributed by atoms with E-state index in [0.717, 1.165) is 48.0 Å². The van der Waals surface area contributed by atoms with Gasteiger partial charge in [0.2, 0.25) is 0 Å². The standard InChI is InChI=1S/C26H28N6O2/c1-17(2)32-16-21(15-30-32)24-11-19-12-25(29-14-20(19)13-28-24)31-26(33)18-4-3-5-23(10-18)34-22-6-8-27-9-7-22/h3-5,10-17,22,27H,6-9H2,1-2H3,(H,29,31,33). The number of carbonyl (C=O) groups is 1. The monoisotopic (exact) mass is 456 g/mol. The van der Waals surface area contributed by atoms with E-state index >= 15 is 0 Å². The van der Waals surface area contributed by atoms with Gasteiger partial charge < -0.3 is 15.4 Å². The molecule has 1 amide bonds. The first-order valence-electron chi connectivity index (χ1n) is 11.6. The molecule has 0 spiro atoms. The second kappa shape index (κ2) is 9.61. The predicted molar refractivity (Wildman–Crippen MR) is 132 cm³/mol. The molecule has 0 unspecified atom stereocenters. The van der Waals surface area contributed by atoms with Gasteiger partial charge in [-0.3, -0.25) is 14.5 Å². The minimum absolute atomic E-state index is 0.178. The lowest BCUT2D eigenvalue weighted by Crippen LogP contribution is -2.34. The van der Waals surface area contributed by atoms with Crippen LogP contribution in [0.1, 0.15) is 43.1 Å². The summed E-state index contributed by atoms with van der Waals surface area (Å²) in [5.41, 5.74) is 2.30. The van der Waals surface area contributed by atoms with E-state index in [9.17, 15) is 4.79 Å². The van der Waals surface area contributed by atoms with Crippen LogP contribution >= 0.6 is 0 Å². The SMILES string of the molecule is CC(C)n1cc(-c2cc3cc(NC(=O)c4cccc(OC5CCNCC5)c4)ncc3cn2)cn1. The molecule has 1 fully saturated rings. The van der Waals surface area contributed by atoms with E-state index in [1.54, 1.807) is 24.5 Å². The molecule has 174 valence electrons. The molecule has 4 heterocycles. The van der Waals surface area contributed by atoms with Crippen molar-refractivity contribution in [2.75, 3.05) is 18.4 Å². The first-order valence-corrected chi connectivity index (χ1v) is 11.6. The summed E-state index contributed by atoms with van der Waals surface area (Å²) in [5.74, 6) is 0.969. The normalized spacial score (nSPS) is 14.4. The summed E-state index contributed by atoms with van der Waals surface area (Å²) in [6.07, 6.45) is 9.42. The number of hydrogen-bond donors (Lipinski definition) is 2. The molecule has 4 aromatic rings. The van der Waals surface area contributed by atoms with E-state index in [2.05, 4.69) is 39.5 Å². The molecule has 0 saturated carbocycles. The smallest absolute Gasteiger partial charge is 0.256 e. The maximum atomic E-state index is 12.9. The van der Waals surface area contributed by atoms with Crippen molar-refractivity contribution < 1.29 is 9.53 Å². The summed E-state index contributed by atoms with van der Waals surface area (Å²) in [6, 6.07) is 11.4. The molecule has 5 rings (SSSR count). The third kappa shape index (κ3) is 4.92. The average Bonchev–Trinajstić information content (AvgIpc) is 3.35. The van der Waals surface area contributed by atoms with Crippen LogP contribution < -0.4 is 15.4 Å². The number of pyridine rings is 2. The van der Waals surface area contributed by atoms with Crippen molar-refractivity contribution in [3.05, 3.63) is 66.7 Å². The summed E-state index contributed by atoms with van der Waals surface area (Å²) in [7, 11) is 0. The Kier molecular flexibility index (Phi) is 6.22. The zero-order chi connectivity index (χ0) is 23.5. The van der Waals surface area contributed by atoms with Gasteiger partial charge in [0.15, 0.2) is 0 Å². The minimum atomic E-state index is -0.227. The first kappa shape index (κ1) is 22.0. The van der Waals surface area contributed by atoms with Gasteiger partial charge in [-0.2, -0.15) is 5.10 Å². The van der Waals surface area contributed by atoms with E-state index in [1.807, 2.05) is 41.3 Å². The Morgan fingerprint density at radius 3 is 2.71 bits per heavy atom. The van der Waals surface area contributed by atoms with Crippen LogP contribution in [0.15, 0.2) is 61.2 Å². The number of hydrogen-bond acceptors (Lipinski definition) is 6. The Labute approximate surface area is 198 Å². The number of benzene rings is 1. The van der Waals surface area contributed by atoms with Gasteiger partial charge in [-0.15, -0.1) is 0 Å². The van der Waals surface area contributed by atoms with Crippen LogP contribution in [0.2, 0.25) is 0 Å². The van der Waals surface area contributed by atoms with Crippen LogP contribution in [0.4, 0.5) is 5.82 Å². The molecule has 1 aliphatic rings. The highest BCUT2D eigenvalue weighted by Gasteiger charge is 2.16. The fourth-order valence-corrected chi connectivity index (χ4v) is 4.02. The molecule has 34 heavy (non-hydrogen) atoms. The Morgan fingerprint density at radius 2 is 1.91 bits per heavy atom. The zero-order valence-electron chi connectivity index (χ0n) is 19.4. The largest absolute Gasteiger partial charge is 0.490 e. The van der Waals surface area contributed by atoms with E-state index in [-0.39, 0.29) is 18.1 Å². The van der Waals surface area contributed by atoms with Gasteiger partial charge >= 0.3 is 0 Å². The van der Waals surface area contributed by atoms with Gasteiger partial charge in [0.1, 0.15) is 17.7 Å². The molecule has 0 bridgehead atoms. The van der Waals surface area contributed by atoms with Crippen molar-refractivity contribution in [2.45, 2.75) is 38.8 Å². The van der Waals surface area contributed by atoms with Crippen molar-refractivity contribution in [3.63, 3.8) is 0 Å². The number of ether oxygens (including phenoxy) is 1. The number of anilines is 1. The Balaban J connectivity index is 1.33. The lowest BCUT2D eigenvalue weighted by Gasteiger charge is -2.24. The Morgan fingerprint density at radius 1 is 1.09 bits per heavy atom. The number of rotatable bonds is 6. The highest BCUT2D eigenvalue weighted by Crippen LogP contribution is 2.24. The number of nitrogens with zero attached hydrogens (tertiary/aromatic N) is 4. The second-order valence-electron chi connectivity index (χ2n) is 8.84. The molecule has 0 aliphatic carbocycles. The van der Waals surface area contributed by atoms with Crippen LogP contribution in [-0.4, -0.2) is 44.8 Å².